The summed E-state index contributed by atoms with van der Waals surface area (Å²) in [5.41, 5.74) is 1.29. The molecule has 0 atom stereocenters. The van der Waals surface area contributed by atoms with Crippen molar-refractivity contribution in [3.8, 4) is 11.3 Å². The van der Waals surface area contributed by atoms with E-state index in [1.165, 1.54) is 11.3 Å². The fourth-order valence-corrected chi connectivity index (χ4v) is 2.71. The van der Waals surface area contributed by atoms with E-state index in [2.05, 4.69) is 9.72 Å². The van der Waals surface area contributed by atoms with Crippen molar-refractivity contribution < 1.29 is 23.9 Å². The van der Waals surface area contributed by atoms with Crippen molar-refractivity contribution >= 4 is 29.3 Å². The van der Waals surface area contributed by atoms with Gasteiger partial charge in [-0.3, -0.25) is 10.1 Å². The number of nitrogens with zero attached hydrogens (tertiary/aromatic N) is 1. The molecule has 2 aromatic rings. The van der Waals surface area contributed by atoms with Gasteiger partial charge in [-0.25, -0.2) is 14.6 Å². The van der Waals surface area contributed by atoms with Crippen molar-refractivity contribution in [2.24, 2.45) is 0 Å². The van der Waals surface area contributed by atoms with Crippen LogP contribution in [0.3, 0.4) is 0 Å². The maximum Gasteiger partial charge on any atom is 0.413 e. The number of thiazole rings is 1. The van der Waals surface area contributed by atoms with Crippen molar-refractivity contribution in [3.63, 3.8) is 0 Å². The summed E-state index contributed by atoms with van der Waals surface area (Å²) in [6.45, 7) is 2.95. The van der Waals surface area contributed by atoms with Gasteiger partial charge in [0.2, 0.25) is 0 Å². The molecule has 2 rings (SSSR count). The Labute approximate surface area is 142 Å². The highest BCUT2D eigenvalue weighted by Crippen LogP contribution is 2.28. The van der Waals surface area contributed by atoms with E-state index in [4.69, 9.17) is 4.74 Å². The van der Waals surface area contributed by atoms with Gasteiger partial charge in [0, 0.05) is 5.56 Å². The Kier molecular flexibility index (Phi) is 6.02. The van der Waals surface area contributed by atoms with Crippen LogP contribution in [0.2, 0.25) is 0 Å². The molecule has 0 aliphatic rings. The number of rotatable bonds is 5. The second kappa shape index (κ2) is 8.21. The SMILES string of the molecule is CCOC(=O)NC(=O)COC(=O)c1sc(C)nc1-c1ccccc1. The number of hydrogen-bond acceptors (Lipinski definition) is 7. The lowest BCUT2D eigenvalue weighted by Gasteiger charge is -2.06. The smallest absolute Gasteiger partial charge is 0.413 e. The van der Waals surface area contributed by atoms with E-state index in [9.17, 15) is 14.4 Å². The standard InChI is InChI=1S/C16H16N2O5S/c1-3-22-16(21)18-12(19)9-23-15(20)14-13(17-10(2)24-14)11-7-5-4-6-8-11/h4-8H,3,9H2,1-2H3,(H,18,19,21). The van der Waals surface area contributed by atoms with Gasteiger partial charge in [0.25, 0.3) is 5.91 Å². The fraction of sp³-hybridized carbons (Fsp3) is 0.250. The predicted octanol–water partition coefficient (Wildman–Crippen LogP) is 2.55. The molecule has 1 aromatic carbocycles. The first kappa shape index (κ1) is 17.6. The number of esters is 1. The molecule has 0 fully saturated rings. The molecule has 0 aliphatic heterocycles. The summed E-state index contributed by atoms with van der Waals surface area (Å²) in [7, 11) is 0. The molecule has 7 nitrogen and oxygen atoms in total. The van der Waals surface area contributed by atoms with Crippen molar-refractivity contribution in [1.82, 2.24) is 10.3 Å². The van der Waals surface area contributed by atoms with E-state index in [0.29, 0.717) is 15.6 Å². The van der Waals surface area contributed by atoms with Gasteiger partial charge in [-0.1, -0.05) is 30.3 Å². The molecule has 0 saturated heterocycles. The molecule has 0 unspecified atom stereocenters. The normalized spacial score (nSPS) is 10.1. The summed E-state index contributed by atoms with van der Waals surface area (Å²) in [4.78, 5) is 39.5. The lowest BCUT2D eigenvalue weighted by atomic mass is 10.1. The predicted molar refractivity (Wildman–Crippen MR) is 87.7 cm³/mol. The molecular weight excluding hydrogens is 332 g/mol. The van der Waals surface area contributed by atoms with E-state index in [-0.39, 0.29) is 6.61 Å². The summed E-state index contributed by atoms with van der Waals surface area (Å²) in [6, 6.07) is 9.20. The Morgan fingerprint density at radius 1 is 1.17 bits per heavy atom. The molecule has 126 valence electrons. The van der Waals surface area contributed by atoms with Gasteiger partial charge in [-0.15, -0.1) is 11.3 Å². The topological polar surface area (TPSA) is 94.6 Å². The second-order valence-electron chi connectivity index (χ2n) is 4.62. The average Bonchev–Trinajstić information content (AvgIpc) is 2.95. The highest BCUT2D eigenvalue weighted by Gasteiger charge is 2.20. The number of carbonyl (C=O) groups excluding carboxylic acids is 3. The lowest BCUT2D eigenvalue weighted by Crippen LogP contribution is -2.34. The summed E-state index contributed by atoms with van der Waals surface area (Å²) < 4.78 is 9.52. The average molecular weight is 348 g/mol. The number of aryl methyl sites for hydroxylation is 1. The number of benzene rings is 1. The number of alkyl carbamates (subject to hydrolysis) is 1. The molecular formula is C16H16N2O5S. The van der Waals surface area contributed by atoms with Crippen LogP contribution in [0.5, 0.6) is 0 Å². The van der Waals surface area contributed by atoms with Crippen LogP contribution in [0.4, 0.5) is 4.79 Å². The highest BCUT2D eigenvalue weighted by molar-refractivity contribution is 7.14. The van der Waals surface area contributed by atoms with Gasteiger partial charge in [0.05, 0.1) is 17.3 Å². The molecule has 0 saturated carbocycles. The van der Waals surface area contributed by atoms with Gasteiger partial charge in [-0.2, -0.15) is 0 Å². The minimum atomic E-state index is -0.878. The Bertz CT molecular complexity index is 742. The van der Waals surface area contributed by atoms with Crippen LogP contribution >= 0.6 is 11.3 Å². The quantitative estimate of drug-likeness (QED) is 0.835. The summed E-state index contributed by atoms with van der Waals surface area (Å²) in [5.74, 6) is -1.43. The van der Waals surface area contributed by atoms with Crippen LogP contribution < -0.4 is 5.32 Å². The van der Waals surface area contributed by atoms with Crippen molar-refractivity contribution in [2.75, 3.05) is 13.2 Å². The highest BCUT2D eigenvalue weighted by atomic mass is 32.1. The third kappa shape index (κ3) is 4.63. The minimum Gasteiger partial charge on any atom is -0.451 e. The molecule has 1 aromatic heterocycles. The Morgan fingerprint density at radius 2 is 1.88 bits per heavy atom. The zero-order chi connectivity index (χ0) is 17.5. The maximum atomic E-state index is 12.2. The van der Waals surface area contributed by atoms with E-state index < -0.39 is 24.6 Å². The molecule has 0 bridgehead atoms. The number of imide groups is 1. The third-order valence-corrected chi connectivity index (χ3v) is 3.77. The van der Waals surface area contributed by atoms with Crippen molar-refractivity contribution in [3.05, 3.63) is 40.2 Å². The second-order valence-corrected chi connectivity index (χ2v) is 5.82. The van der Waals surface area contributed by atoms with Gasteiger partial charge in [-0.05, 0) is 13.8 Å². The van der Waals surface area contributed by atoms with Crippen LogP contribution in [-0.2, 0) is 14.3 Å². The first-order valence-corrected chi connectivity index (χ1v) is 7.99. The van der Waals surface area contributed by atoms with Crippen LogP contribution in [0.25, 0.3) is 11.3 Å². The maximum absolute atomic E-state index is 12.2. The zero-order valence-electron chi connectivity index (χ0n) is 13.2. The van der Waals surface area contributed by atoms with Crippen LogP contribution in [0, 0.1) is 6.92 Å². The third-order valence-electron chi connectivity index (χ3n) is 2.82. The molecule has 0 spiro atoms. The molecule has 0 radical (unpaired) electrons. The Hall–Kier alpha value is -2.74. The van der Waals surface area contributed by atoms with Gasteiger partial charge >= 0.3 is 12.1 Å². The number of hydrogen-bond donors (Lipinski definition) is 1. The number of ether oxygens (including phenoxy) is 2. The molecule has 8 heteroatoms. The largest absolute Gasteiger partial charge is 0.451 e. The molecule has 1 N–H and O–H groups in total. The van der Waals surface area contributed by atoms with E-state index in [0.717, 1.165) is 5.56 Å². The molecule has 24 heavy (non-hydrogen) atoms. The fourth-order valence-electron chi connectivity index (χ4n) is 1.87. The van der Waals surface area contributed by atoms with Gasteiger partial charge in [0.1, 0.15) is 4.88 Å². The summed E-state index contributed by atoms with van der Waals surface area (Å²) in [6.07, 6.45) is -0.878. The van der Waals surface area contributed by atoms with Crippen molar-refractivity contribution in [2.45, 2.75) is 13.8 Å². The number of amides is 2. The van der Waals surface area contributed by atoms with E-state index in [1.807, 2.05) is 35.6 Å². The first-order valence-electron chi connectivity index (χ1n) is 7.17. The number of nitrogens with one attached hydrogen (secondary N) is 1. The monoisotopic (exact) mass is 348 g/mol. The van der Waals surface area contributed by atoms with Crippen molar-refractivity contribution in [1.29, 1.82) is 0 Å². The zero-order valence-corrected chi connectivity index (χ0v) is 14.0. The van der Waals surface area contributed by atoms with Gasteiger partial charge < -0.3 is 9.47 Å². The molecule has 2 amide bonds. The van der Waals surface area contributed by atoms with Crippen LogP contribution in [0.15, 0.2) is 30.3 Å². The number of carbonyl (C=O) groups is 3. The van der Waals surface area contributed by atoms with Gasteiger partial charge in [0.15, 0.2) is 6.61 Å². The minimum absolute atomic E-state index is 0.138. The van der Waals surface area contributed by atoms with Crippen LogP contribution in [-0.4, -0.2) is 36.2 Å². The van der Waals surface area contributed by atoms with Crippen LogP contribution in [0.1, 0.15) is 21.6 Å². The Balaban J connectivity index is 2.03. The Morgan fingerprint density at radius 3 is 2.54 bits per heavy atom. The lowest BCUT2D eigenvalue weighted by molar-refractivity contribution is -0.123. The molecule has 0 aliphatic carbocycles. The number of aromatic nitrogens is 1. The van der Waals surface area contributed by atoms with E-state index >= 15 is 0 Å². The van der Waals surface area contributed by atoms with E-state index in [1.54, 1.807) is 13.8 Å². The summed E-state index contributed by atoms with van der Waals surface area (Å²) >= 11 is 1.18. The summed E-state index contributed by atoms with van der Waals surface area (Å²) in [5, 5.41) is 2.65. The molecule has 1 heterocycles. The first-order chi connectivity index (χ1) is 11.5.